The zero-order valence-electron chi connectivity index (χ0n) is 9.87. The van der Waals surface area contributed by atoms with Crippen molar-refractivity contribution in [2.75, 3.05) is 6.61 Å². The highest BCUT2D eigenvalue weighted by Gasteiger charge is 2.20. The van der Waals surface area contributed by atoms with Crippen molar-refractivity contribution >= 4 is 0 Å². The van der Waals surface area contributed by atoms with E-state index in [4.69, 9.17) is 4.74 Å². The summed E-state index contributed by atoms with van der Waals surface area (Å²) in [7, 11) is 0. The maximum atomic E-state index is 5.82. The van der Waals surface area contributed by atoms with Crippen molar-refractivity contribution in [1.29, 1.82) is 0 Å². The second kappa shape index (κ2) is 4.48. The Balaban J connectivity index is 1.60. The first-order valence-corrected chi connectivity index (χ1v) is 6.66. The number of fused-ring (bicyclic) bond motifs is 1. The second-order valence-electron chi connectivity index (χ2n) is 5.22. The molecular weight excluding hydrogens is 196 g/mol. The van der Waals surface area contributed by atoms with Crippen LogP contribution in [0.5, 0.6) is 5.75 Å². The van der Waals surface area contributed by atoms with Crippen LogP contribution in [0, 0.1) is 5.92 Å². The highest BCUT2D eigenvalue weighted by molar-refractivity contribution is 5.37. The molecule has 1 nitrogen and oxygen atoms in total. The lowest BCUT2D eigenvalue weighted by Crippen LogP contribution is -2.04. The van der Waals surface area contributed by atoms with Gasteiger partial charge in [-0.3, -0.25) is 0 Å². The molecule has 1 saturated carbocycles. The molecule has 0 heterocycles. The van der Waals surface area contributed by atoms with Gasteiger partial charge in [-0.15, -0.1) is 0 Å². The van der Waals surface area contributed by atoms with Gasteiger partial charge in [0, 0.05) is 0 Å². The van der Waals surface area contributed by atoms with Gasteiger partial charge in [0.05, 0.1) is 6.61 Å². The summed E-state index contributed by atoms with van der Waals surface area (Å²) in [6, 6.07) is 6.68. The van der Waals surface area contributed by atoms with E-state index < -0.39 is 0 Å². The van der Waals surface area contributed by atoms with Crippen molar-refractivity contribution in [3.63, 3.8) is 0 Å². The average molecular weight is 216 g/mol. The fraction of sp³-hybridized carbons (Fsp3) is 0.600. The lowest BCUT2D eigenvalue weighted by atomic mass is 9.92. The van der Waals surface area contributed by atoms with E-state index in [0.29, 0.717) is 0 Å². The van der Waals surface area contributed by atoms with Crippen LogP contribution in [0.3, 0.4) is 0 Å². The first-order chi connectivity index (χ1) is 7.92. The Labute approximate surface area is 97.8 Å². The summed E-state index contributed by atoms with van der Waals surface area (Å²) in [5, 5.41) is 0. The van der Waals surface area contributed by atoms with Crippen molar-refractivity contribution in [3.8, 4) is 5.75 Å². The monoisotopic (exact) mass is 216 g/mol. The quantitative estimate of drug-likeness (QED) is 0.745. The van der Waals surface area contributed by atoms with Gasteiger partial charge in [-0.05, 0) is 61.3 Å². The fourth-order valence-corrected chi connectivity index (χ4v) is 2.55. The molecule has 0 spiro atoms. The Kier molecular flexibility index (Phi) is 2.86. The number of rotatable bonds is 4. The Bertz CT molecular complexity index is 366. The Morgan fingerprint density at radius 3 is 2.69 bits per heavy atom. The molecule has 0 aromatic heterocycles. The van der Waals surface area contributed by atoms with Crippen LogP contribution in [0.15, 0.2) is 18.2 Å². The SMILES string of the molecule is c1cc2c(cc1OCCC1CC1)CCCC2. The van der Waals surface area contributed by atoms with Gasteiger partial charge in [0.2, 0.25) is 0 Å². The fourth-order valence-electron chi connectivity index (χ4n) is 2.55. The van der Waals surface area contributed by atoms with Gasteiger partial charge in [-0.1, -0.05) is 18.9 Å². The van der Waals surface area contributed by atoms with Gasteiger partial charge in [-0.25, -0.2) is 0 Å². The summed E-state index contributed by atoms with van der Waals surface area (Å²) in [6.07, 6.45) is 9.30. The predicted octanol–water partition coefficient (Wildman–Crippen LogP) is 3.74. The third kappa shape index (κ3) is 2.40. The highest BCUT2D eigenvalue weighted by atomic mass is 16.5. The Morgan fingerprint density at radius 2 is 1.88 bits per heavy atom. The van der Waals surface area contributed by atoms with Crippen molar-refractivity contribution in [1.82, 2.24) is 0 Å². The summed E-state index contributed by atoms with van der Waals surface area (Å²) in [4.78, 5) is 0. The van der Waals surface area contributed by atoms with E-state index in [2.05, 4.69) is 18.2 Å². The van der Waals surface area contributed by atoms with E-state index in [1.54, 1.807) is 5.56 Å². The van der Waals surface area contributed by atoms with Crippen LogP contribution in [-0.4, -0.2) is 6.61 Å². The van der Waals surface area contributed by atoms with Gasteiger partial charge in [0.15, 0.2) is 0 Å². The molecule has 2 aliphatic rings. The van der Waals surface area contributed by atoms with Gasteiger partial charge in [0.25, 0.3) is 0 Å². The molecule has 0 atom stereocenters. The van der Waals surface area contributed by atoms with Crippen molar-refractivity contribution < 1.29 is 4.74 Å². The van der Waals surface area contributed by atoms with Crippen molar-refractivity contribution in [3.05, 3.63) is 29.3 Å². The zero-order chi connectivity index (χ0) is 10.8. The Morgan fingerprint density at radius 1 is 1.06 bits per heavy atom. The van der Waals surface area contributed by atoms with Crippen LogP contribution in [0.1, 0.15) is 43.2 Å². The topological polar surface area (TPSA) is 9.23 Å². The zero-order valence-corrected chi connectivity index (χ0v) is 9.87. The van der Waals surface area contributed by atoms with Crippen LogP contribution < -0.4 is 4.74 Å². The molecule has 86 valence electrons. The summed E-state index contributed by atoms with van der Waals surface area (Å²) in [6.45, 7) is 0.906. The third-order valence-corrected chi connectivity index (χ3v) is 3.81. The molecule has 2 aliphatic carbocycles. The van der Waals surface area contributed by atoms with E-state index in [0.717, 1.165) is 18.3 Å². The van der Waals surface area contributed by atoms with E-state index in [9.17, 15) is 0 Å². The van der Waals surface area contributed by atoms with Crippen LogP contribution in [0.2, 0.25) is 0 Å². The number of hydrogen-bond acceptors (Lipinski definition) is 1. The molecule has 1 aromatic carbocycles. The molecule has 0 saturated heterocycles. The van der Waals surface area contributed by atoms with Crippen LogP contribution >= 0.6 is 0 Å². The van der Waals surface area contributed by atoms with Crippen LogP contribution in [-0.2, 0) is 12.8 Å². The molecule has 1 heteroatoms. The molecule has 0 N–H and O–H groups in total. The van der Waals surface area contributed by atoms with Crippen molar-refractivity contribution in [2.24, 2.45) is 5.92 Å². The van der Waals surface area contributed by atoms with Gasteiger partial charge < -0.3 is 4.74 Å². The normalized spacial score (nSPS) is 19.2. The molecule has 3 rings (SSSR count). The highest BCUT2D eigenvalue weighted by Crippen LogP contribution is 2.32. The summed E-state index contributed by atoms with van der Waals surface area (Å²) < 4.78 is 5.82. The summed E-state index contributed by atoms with van der Waals surface area (Å²) in [5.41, 5.74) is 3.07. The smallest absolute Gasteiger partial charge is 0.119 e. The van der Waals surface area contributed by atoms with E-state index in [1.807, 2.05) is 0 Å². The predicted molar refractivity (Wildman–Crippen MR) is 65.9 cm³/mol. The number of ether oxygens (including phenoxy) is 1. The van der Waals surface area contributed by atoms with Crippen LogP contribution in [0.25, 0.3) is 0 Å². The second-order valence-corrected chi connectivity index (χ2v) is 5.22. The first-order valence-electron chi connectivity index (χ1n) is 6.66. The molecule has 1 aromatic rings. The van der Waals surface area contributed by atoms with E-state index >= 15 is 0 Å². The number of aryl methyl sites for hydroxylation is 2. The standard InChI is InChI=1S/C15H20O/c1-2-4-14-11-15(8-7-13(14)3-1)16-10-9-12-5-6-12/h7-8,11-12H,1-6,9-10H2. The molecule has 1 fully saturated rings. The Hall–Kier alpha value is -0.980. The number of hydrogen-bond donors (Lipinski definition) is 0. The number of benzene rings is 1. The maximum absolute atomic E-state index is 5.82. The molecule has 0 bridgehead atoms. The third-order valence-electron chi connectivity index (χ3n) is 3.81. The first kappa shape index (κ1) is 10.2. The average Bonchev–Trinajstić information content (AvgIpc) is 3.13. The summed E-state index contributed by atoms with van der Waals surface area (Å²) in [5.74, 6) is 2.05. The lowest BCUT2D eigenvalue weighted by Gasteiger charge is -2.16. The van der Waals surface area contributed by atoms with Crippen LogP contribution in [0.4, 0.5) is 0 Å². The van der Waals surface area contributed by atoms with E-state index in [-0.39, 0.29) is 0 Å². The van der Waals surface area contributed by atoms with Crippen molar-refractivity contribution in [2.45, 2.75) is 44.9 Å². The largest absolute Gasteiger partial charge is 0.494 e. The molecule has 0 aliphatic heterocycles. The molecule has 16 heavy (non-hydrogen) atoms. The molecular formula is C15H20O. The maximum Gasteiger partial charge on any atom is 0.119 e. The van der Waals surface area contributed by atoms with Gasteiger partial charge in [-0.2, -0.15) is 0 Å². The summed E-state index contributed by atoms with van der Waals surface area (Å²) >= 11 is 0. The molecule has 0 amide bonds. The lowest BCUT2D eigenvalue weighted by molar-refractivity contribution is 0.302. The minimum Gasteiger partial charge on any atom is -0.494 e. The van der Waals surface area contributed by atoms with Gasteiger partial charge in [0.1, 0.15) is 5.75 Å². The van der Waals surface area contributed by atoms with E-state index in [1.165, 1.54) is 50.5 Å². The van der Waals surface area contributed by atoms with Gasteiger partial charge >= 0.3 is 0 Å². The molecule has 0 radical (unpaired) electrons. The minimum absolute atomic E-state index is 0.906. The minimum atomic E-state index is 0.906. The molecule has 0 unspecified atom stereocenters.